The molecule has 0 amide bonds. The van der Waals surface area contributed by atoms with Gasteiger partial charge < -0.3 is 4.42 Å². The van der Waals surface area contributed by atoms with Gasteiger partial charge in [0.2, 0.25) is 0 Å². The molecule has 0 unspecified atom stereocenters. The van der Waals surface area contributed by atoms with Crippen molar-refractivity contribution in [3.05, 3.63) is 23.7 Å². The maximum Gasteiger partial charge on any atom is 0.118 e. The van der Waals surface area contributed by atoms with E-state index < -0.39 is 0 Å². The van der Waals surface area contributed by atoms with Crippen LogP contribution >= 0.6 is 0 Å². The minimum Gasteiger partial charge on any atom is -0.468 e. The van der Waals surface area contributed by atoms with E-state index in [0.717, 1.165) is 11.3 Å². The molecule has 10 heavy (non-hydrogen) atoms. The normalized spacial score (nSPS) is 12.5. The topological polar surface area (TPSA) is 13.1 Å². The molecule has 1 heteroatoms. The van der Waals surface area contributed by atoms with Gasteiger partial charge in [-0.25, -0.2) is 0 Å². The molecule has 0 bridgehead atoms. The Bertz CT molecular complexity index is 252. The van der Waals surface area contributed by atoms with Crippen LogP contribution in [0.4, 0.5) is 0 Å². The van der Waals surface area contributed by atoms with E-state index in [1.165, 1.54) is 0 Å². The van der Waals surface area contributed by atoms with Crippen LogP contribution in [0.5, 0.6) is 0 Å². The molecule has 0 fully saturated rings. The van der Waals surface area contributed by atoms with Gasteiger partial charge in [-0.05, 0) is 25.5 Å². The van der Waals surface area contributed by atoms with Gasteiger partial charge in [0, 0.05) is 0 Å². The third-order valence-electron chi connectivity index (χ3n) is 1.43. The Morgan fingerprint density at radius 2 is 2.40 bits per heavy atom. The molecule has 0 aliphatic rings. The fourth-order valence-corrected chi connectivity index (χ4v) is 0.763. The zero-order valence-corrected chi connectivity index (χ0v) is 6.22. The summed E-state index contributed by atoms with van der Waals surface area (Å²) >= 11 is 0. The quantitative estimate of drug-likeness (QED) is 0.537. The Labute approximate surface area is 61.0 Å². The van der Waals surface area contributed by atoms with Crippen molar-refractivity contribution in [2.75, 3.05) is 0 Å². The van der Waals surface area contributed by atoms with Crippen LogP contribution in [0, 0.1) is 19.3 Å². The molecule has 0 N–H and O–H groups in total. The molecular formula is C9H10O. The highest BCUT2D eigenvalue weighted by Gasteiger charge is 2.04. The lowest BCUT2D eigenvalue weighted by molar-refractivity contribution is 0.502. The van der Waals surface area contributed by atoms with Crippen molar-refractivity contribution in [1.29, 1.82) is 0 Å². The fraction of sp³-hybridized carbons (Fsp3) is 0.333. The van der Waals surface area contributed by atoms with Crippen molar-refractivity contribution in [2.45, 2.75) is 19.8 Å². The summed E-state index contributed by atoms with van der Waals surface area (Å²) in [5.41, 5.74) is 1.12. The standard InChI is InChI=1S/C9H10O/c1-4-8(3)9-5-7(2)6-10-9/h1,5-6,8H,2-3H3/t8-/m1/s1. The first-order valence-corrected chi connectivity index (χ1v) is 3.25. The van der Waals surface area contributed by atoms with Crippen molar-refractivity contribution in [3.63, 3.8) is 0 Å². The monoisotopic (exact) mass is 134 g/mol. The first-order chi connectivity index (χ1) is 4.74. The highest BCUT2D eigenvalue weighted by atomic mass is 16.3. The highest BCUT2D eigenvalue weighted by molar-refractivity contribution is 5.19. The van der Waals surface area contributed by atoms with Gasteiger partial charge in [0.1, 0.15) is 5.76 Å². The molecule has 1 rings (SSSR count). The predicted molar refractivity (Wildman–Crippen MR) is 40.7 cm³/mol. The zero-order valence-electron chi connectivity index (χ0n) is 6.22. The molecule has 52 valence electrons. The Kier molecular flexibility index (Phi) is 1.82. The minimum absolute atomic E-state index is 0.0914. The average molecular weight is 134 g/mol. The summed E-state index contributed by atoms with van der Waals surface area (Å²) in [6, 6.07) is 1.96. The van der Waals surface area contributed by atoms with E-state index in [1.807, 2.05) is 19.9 Å². The van der Waals surface area contributed by atoms with Crippen molar-refractivity contribution in [1.82, 2.24) is 0 Å². The summed E-state index contributed by atoms with van der Waals surface area (Å²) < 4.78 is 5.17. The second-order valence-corrected chi connectivity index (χ2v) is 2.41. The van der Waals surface area contributed by atoms with E-state index in [0.29, 0.717) is 0 Å². The Morgan fingerprint density at radius 1 is 1.70 bits per heavy atom. The van der Waals surface area contributed by atoms with E-state index in [1.54, 1.807) is 6.26 Å². The van der Waals surface area contributed by atoms with E-state index in [9.17, 15) is 0 Å². The lowest BCUT2D eigenvalue weighted by atomic mass is 10.1. The molecule has 0 aliphatic carbocycles. The van der Waals surface area contributed by atoms with Gasteiger partial charge in [-0.2, -0.15) is 0 Å². The molecule has 0 aliphatic heterocycles. The largest absolute Gasteiger partial charge is 0.468 e. The molecule has 0 spiro atoms. The molecule has 0 saturated carbocycles. The van der Waals surface area contributed by atoms with Gasteiger partial charge in [-0.3, -0.25) is 0 Å². The SMILES string of the molecule is C#C[C@@H](C)c1cc(C)co1. The third kappa shape index (κ3) is 1.22. The summed E-state index contributed by atoms with van der Waals surface area (Å²) in [5, 5.41) is 0. The molecule has 1 heterocycles. The lowest BCUT2D eigenvalue weighted by Crippen LogP contribution is -1.83. The van der Waals surface area contributed by atoms with Gasteiger partial charge in [0.05, 0.1) is 12.2 Å². The third-order valence-corrected chi connectivity index (χ3v) is 1.43. The number of hydrogen-bond donors (Lipinski definition) is 0. The number of furan rings is 1. The van der Waals surface area contributed by atoms with Gasteiger partial charge >= 0.3 is 0 Å². The van der Waals surface area contributed by atoms with Crippen LogP contribution in [-0.2, 0) is 0 Å². The first kappa shape index (κ1) is 6.95. The van der Waals surface area contributed by atoms with Gasteiger partial charge in [-0.1, -0.05) is 5.92 Å². The Hall–Kier alpha value is -1.16. The van der Waals surface area contributed by atoms with Crippen LogP contribution in [0.1, 0.15) is 24.2 Å². The summed E-state index contributed by atoms with van der Waals surface area (Å²) in [5.74, 6) is 3.57. The predicted octanol–water partition coefficient (Wildman–Crippen LogP) is 2.32. The molecule has 1 nitrogen and oxygen atoms in total. The molecule has 0 radical (unpaired) electrons. The maximum atomic E-state index is 5.20. The Morgan fingerprint density at radius 3 is 2.80 bits per heavy atom. The highest BCUT2D eigenvalue weighted by Crippen LogP contribution is 2.16. The molecule has 1 aromatic heterocycles. The molecule has 0 saturated heterocycles. The number of aryl methyl sites for hydroxylation is 1. The van der Waals surface area contributed by atoms with Gasteiger partial charge in [0.15, 0.2) is 0 Å². The van der Waals surface area contributed by atoms with Gasteiger partial charge in [0.25, 0.3) is 0 Å². The van der Waals surface area contributed by atoms with Crippen LogP contribution in [-0.4, -0.2) is 0 Å². The smallest absolute Gasteiger partial charge is 0.118 e. The number of terminal acetylenes is 1. The summed E-state index contributed by atoms with van der Waals surface area (Å²) in [7, 11) is 0. The first-order valence-electron chi connectivity index (χ1n) is 3.25. The van der Waals surface area contributed by atoms with Gasteiger partial charge in [-0.15, -0.1) is 6.42 Å². The van der Waals surface area contributed by atoms with Crippen LogP contribution in [0.15, 0.2) is 16.7 Å². The molecule has 1 aromatic rings. The maximum absolute atomic E-state index is 5.20. The van der Waals surface area contributed by atoms with Crippen LogP contribution in [0.2, 0.25) is 0 Å². The zero-order chi connectivity index (χ0) is 7.56. The number of hydrogen-bond acceptors (Lipinski definition) is 1. The Balaban J connectivity index is 2.87. The van der Waals surface area contributed by atoms with Crippen molar-refractivity contribution < 1.29 is 4.42 Å². The molecule has 0 aromatic carbocycles. The summed E-state index contributed by atoms with van der Waals surface area (Å²) in [6.07, 6.45) is 6.91. The fourth-order valence-electron chi connectivity index (χ4n) is 0.763. The van der Waals surface area contributed by atoms with E-state index in [4.69, 9.17) is 10.8 Å². The van der Waals surface area contributed by atoms with Crippen molar-refractivity contribution in [2.24, 2.45) is 0 Å². The summed E-state index contributed by atoms with van der Waals surface area (Å²) in [4.78, 5) is 0. The average Bonchev–Trinajstić information content (AvgIpc) is 2.34. The molecular weight excluding hydrogens is 124 g/mol. The minimum atomic E-state index is 0.0914. The number of rotatable bonds is 1. The van der Waals surface area contributed by atoms with Crippen molar-refractivity contribution >= 4 is 0 Å². The second-order valence-electron chi connectivity index (χ2n) is 2.41. The lowest BCUT2D eigenvalue weighted by Gasteiger charge is -1.94. The molecule has 1 atom stereocenters. The van der Waals surface area contributed by atoms with E-state index >= 15 is 0 Å². The van der Waals surface area contributed by atoms with Crippen molar-refractivity contribution in [3.8, 4) is 12.3 Å². The second kappa shape index (κ2) is 2.62. The van der Waals surface area contributed by atoms with Crippen LogP contribution in [0.25, 0.3) is 0 Å². The van der Waals surface area contributed by atoms with Crippen LogP contribution < -0.4 is 0 Å². The summed E-state index contributed by atoms with van der Waals surface area (Å²) in [6.45, 7) is 3.93. The van der Waals surface area contributed by atoms with E-state index in [2.05, 4.69) is 5.92 Å². The van der Waals surface area contributed by atoms with Crippen LogP contribution in [0.3, 0.4) is 0 Å². The van der Waals surface area contributed by atoms with E-state index in [-0.39, 0.29) is 5.92 Å².